The minimum atomic E-state index is 0.495. The van der Waals surface area contributed by atoms with Crippen LogP contribution in [0.25, 0.3) is 33.8 Å². The van der Waals surface area contributed by atoms with Crippen LogP contribution >= 0.6 is 0 Å². The van der Waals surface area contributed by atoms with Crippen LogP contribution in [0.4, 0.5) is 0 Å². The number of hydrogen-bond acceptors (Lipinski definition) is 6. The molecular weight excluding hydrogens is 404 g/mol. The van der Waals surface area contributed by atoms with E-state index in [1.54, 1.807) is 7.11 Å². The fourth-order valence-corrected chi connectivity index (χ4v) is 3.72. The average Bonchev–Trinajstić information content (AvgIpc) is 3.39. The lowest BCUT2D eigenvalue weighted by Crippen LogP contribution is -2.00. The van der Waals surface area contributed by atoms with Crippen molar-refractivity contribution in [3.8, 4) is 40.0 Å². The number of ether oxygens (including phenoxy) is 2. The number of benzene rings is 2. The van der Waals surface area contributed by atoms with Crippen molar-refractivity contribution < 1.29 is 14.0 Å². The molecule has 3 heterocycles. The van der Waals surface area contributed by atoms with Crippen LogP contribution in [0.3, 0.4) is 0 Å². The van der Waals surface area contributed by atoms with E-state index in [2.05, 4.69) is 16.6 Å². The van der Waals surface area contributed by atoms with Crippen molar-refractivity contribution in [2.75, 3.05) is 7.11 Å². The van der Waals surface area contributed by atoms with E-state index in [9.17, 15) is 0 Å². The summed E-state index contributed by atoms with van der Waals surface area (Å²) in [6.07, 6.45) is 0. The molecule has 0 atom stereocenters. The first-order valence-electron chi connectivity index (χ1n) is 10.4. The maximum atomic E-state index is 5.96. The number of imidazole rings is 1. The first-order valence-corrected chi connectivity index (χ1v) is 10.4. The second kappa shape index (κ2) is 8.19. The van der Waals surface area contributed by atoms with Crippen LogP contribution in [-0.2, 0) is 6.54 Å². The molecule has 0 amide bonds. The second-order valence-corrected chi connectivity index (χ2v) is 7.28. The molecule has 7 heteroatoms. The summed E-state index contributed by atoms with van der Waals surface area (Å²) in [5.41, 5.74) is 4.14. The number of rotatable bonds is 6. The summed E-state index contributed by atoms with van der Waals surface area (Å²) in [5, 5.41) is 4.31. The summed E-state index contributed by atoms with van der Waals surface area (Å²) in [6.45, 7) is 4.65. The molecule has 0 aliphatic heterocycles. The predicted octanol–water partition coefficient (Wildman–Crippen LogP) is 5.88. The third-order valence-corrected chi connectivity index (χ3v) is 5.30. The zero-order chi connectivity index (χ0) is 22.1. The number of aromatic nitrogens is 4. The van der Waals surface area contributed by atoms with E-state index in [0.29, 0.717) is 23.9 Å². The molecular formula is C25H22N4O3. The highest BCUT2D eigenvalue weighted by atomic mass is 16.5. The molecule has 5 rings (SSSR count). The smallest absolute Gasteiger partial charge is 0.221 e. The summed E-state index contributed by atoms with van der Waals surface area (Å²) in [7, 11) is 1.63. The van der Waals surface area contributed by atoms with Gasteiger partial charge in [-0.05, 0) is 44.2 Å². The Labute approximate surface area is 185 Å². The van der Waals surface area contributed by atoms with Crippen LogP contribution in [0, 0.1) is 6.92 Å². The van der Waals surface area contributed by atoms with Crippen LogP contribution in [-0.4, -0.2) is 26.8 Å². The van der Waals surface area contributed by atoms with Crippen LogP contribution < -0.4 is 9.47 Å². The van der Waals surface area contributed by atoms with Crippen LogP contribution in [0.1, 0.15) is 12.7 Å². The summed E-state index contributed by atoms with van der Waals surface area (Å²) >= 11 is 0. The van der Waals surface area contributed by atoms with E-state index in [1.807, 2.05) is 73.7 Å². The largest absolute Gasteiger partial charge is 0.497 e. The van der Waals surface area contributed by atoms with E-state index in [1.165, 1.54) is 0 Å². The van der Waals surface area contributed by atoms with Gasteiger partial charge in [-0.25, -0.2) is 4.98 Å². The number of fused-ring (bicyclic) bond motifs is 1. The first kappa shape index (κ1) is 19.8. The Bertz CT molecular complexity index is 1370. The number of nitrogens with zero attached hydrogens (tertiary/aromatic N) is 4. The number of pyridine rings is 1. The van der Waals surface area contributed by atoms with Crippen molar-refractivity contribution >= 4 is 11.2 Å². The van der Waals surface area contributed by atoms with Gasteiger partial charge in [-0.15, -0.1) is 0 Å². The molecule has 160 valence electrons. The van der Waals surface area contributed by atoms with Gasteiger partial charge in [-0.1, -0.05) is 35.5 Å². The molecule has 0 saturated heterocycles. The second-order valence-electron chi connectivity index (χ2n) is 7.28. The van der Waals surface area contributed by atoms with Gasteiger partial charge in [0.1, 0.15) is 34.3 Å². The van der Waals surface area contributed by atoms with Crippen molar-refractivity contribution in [2.24, 2.45) is 0 Å². The van der Waals surface area contributed by atoms with Gasteiger partial charge in [0, 0.05) is 18.2 Å². The highest BCUT2D eigenvalue weighted by Crippen LogP contribution is 2.35. The zero-order valence-corrected chi connectivity index (χ0v) is 18.1. The fourth-order valence-electron chi connectivity index (χ4n) is 3.72. The Morgan fingerprint density at radius 2 is 1.66 bits per heavy atom. The monoisotopic (exact) mass is 426 g/mol. The highest BCUT2D eigenvalue weighted by molar-refractivity contribution is 5.84. The third-order valence-electron chi connectivity index (χ3n) is 5.30. The molecule has 3 aromatic heterocycles. The number of methoxy groups -OCH3 is 1. The molecule has 0 aliphatic carbocycles. The Morgan fingerprint density at radius 1 is 0.906 bits per heavy atom. The lowest BCUT2D eigenvalue weighted by molar-refractivity contribution is 0.400. The lowest BCUT2D eigenvalue weighted by atomic mass is 10.1. The SMILES string of the molecule is CCn1c(-c2c(-c3ccccc3)noc2C)nc2ccc(Oc3ccc(OC)cc3)nc21. The lowest BCUT2D eigenvalue weighted by Gasteiger charge is -2.08. The van der Waals surface area contributed by atoms with E-state index in [-0.39, 0.29) is 0 Å². The molecule has 0 fully saturated rings. The van der Waals surface area contributed by atoms with Crippen molar-refractivity contribution in [3.05, 3.63) is 72.5 Å². The van der Waals surface area contributed by atoms with E-state index in [0.717, 1.165) is 39.6 Å². The van der Waals surface area contributed by atoms with Crippen LogP contribution in [0.15, 0.2) is 71.3 Å². The van der Waals surface area contributed by atoms with Gasteiger partial charge in [0.05, 0.1) is 12.7 Å². The summed E-state index contributed by atoms with van der Waals surface area (Å²) < 4.78 is 18.8. The first-order chi connectivity index (χ1) is 15.7. The Balaban J connectivity index is 1.58. The van der Waals surface area contributed by atoms with Crippen molar-refractivity contribution in [1.82, 2.24) is 19.7 Å². The van der Waals surface area contributed by atoms with Gasteiger partial charge in [0.2, 0.25) is 5.88 Å². The molecule has 0 bridgehead atoms. The number of hydrogen-bond donors (Lipinski definition) is 0. The van der Waals surface area contributed by atoms with E-state index in [4.69, 9.17) is 24.0 Å². The maximum absolute atomic E-state index is 5.96. The van der Waals surface area contributed by atoms with Crippen molar-refractivity contribution in [3.63, 3.8) is 0 Å². The fraction of sp³-hybridized carbons (Fsp3) is 0.160. The molecule has 0 spiro atoms. The van der Waals surface area contributed by atoms with Crippen LogP contribution in [0.5, 0.6) is 17.4 Å². The van der Waals surface area contributed by atoms with Gasteiger partial charge < -0.3 is 18.6 Å². The summed E-state index contributed by atoms with van der Waals surface area (Å²) in [6, 6.07) is 21.1. The molecule has 2 aromatic carbocycles. The van der Waals surface area contributed by atoms with Gasteiger partial charge >= 0.3 is 0 Å². The number of aryl methyl sites for hydroxylation is 2. The Morgan fingerprint density at radius 3 is 2.38 bits per heavy atom. The summed E-state index contributed by atoms with van der Waals surface area (Å²) in [5.74, 6) is 3.43. The van der Waals surface area contributed by atoms with Gasteiger partial charge in [0.15, 0.2) is 5.65 Å². The average molecular weight is 426 g/mol. The van der Waals surface area contributed by atoms with Gasteiger partial charge in [-0.3, -0.25) is 0 Å². The van der Waals surface area contributed by atoms with E-state index >= 15 is 0 Å². The van der Waals surface area contributed by atoms with Crippen LogP contribution in [0.2, 0.25) is 0 Å². The predicted molar refractivity (Wildman–Crippen MR) is 122 cm³/mol. The third kappa shape index (κ3) is 3.47. The highest BCUT2D eigenvalue weighted by Gasteiger charge is 2.23. The topological polar surface area (TPSA) is 75.2 Å². The minimum Gasteiger partial charge on any atom is -0.497 e. The zero-order valence-electron chi connectivity index (χ0n) is 18.1. The molecule has 32 heavy (non-hydrogen) atoms. The quantitative estimate of drug-likeness (QED) is 0.337. The molecule has 5 aromatic rings. The normalized spacial score (nSPS) is 11.1. The van der Waals surface area contributed by atoms with Gasteiger partial charge in [-0.2, -0.15) is 4.98 Å². The summed E-state index contributed by atoms with van der Waals surface area (Å²) in [4.78, 5) is 9.61. The Kier molecular flexibility index (Phi) is 5.07. The van der Waals surface area contributed by atoms with Crippen molar-refractivity contribution in [1.29, 1.82) is 0 Å². The molecule has 0 aliphatic rings. The standard InChI is InChI=1S/C25H22N4O3/c1-4-29-24-20(14-15-21(27-24)31-19-12-10-18(30-3)11-13-19)26-25(29)22-16(2)32-28-23(22)17-8-6-5-7-9-17/h5-15H,4H2,1-3H3. The maximum Gasteiger partial charge on any atom is 0.221 e. The minimum absolute atomic E-state index is 0.495. The molecule has 7 nitrogen and oxygen atoms in total. The van der Waals surface area contributed by atoms with E-state index < -0.39 is 0 Å². The molecule has 0 saturated carbocycles. The van der Waals surface area contributed by atoms with Gasteiger partial charge in [0.25, 0.3) is 0 Å². The molecule has 0 N–H and O–H groups in total. The molecule has 0 unspecified atom stereocenters. The Hall–Kier alpha value is -4.13. The van der Waals surface area contributed by atoms with Crippen molar-refractivity contribution in [2.45, 2.75) is 20.4 Å². The molecule has 0 radical (unpaired) electrons.